The Balaban J connectivity index is 1.40. The molecular formula is C30H24N2O4. The highest BCUT2D eigenvalue weighted by Crippen LogP contribution is 2.45. The standard InChI is InChI=1S/C30H24N2O4/c1-2-19-10-12-21(13-11-19)34-18-28(33)35-22-14-15-25-27(16-22)36-30(32)26(17-31)29(25)24-9-5-7-20-6-3-4-8-23(20)24/h3-16,29H,2,18,32H2,1H3. The van der Waals surface area contributed by atoms with Gasteiger partial charge in [0, 0.05) is 11.6 Å². The number of fused-ring (bicyclic) bond motifs is 2. The largest absolute Gasteiger partial charge is 0.482 e. The molecule has 0 aliphatic carbocycles. The molecule has 1 atom stereocenters. The van der Waals surface area contributed by atoms with Crippen molar-refractivity contribution in [1.29, 1.82) is 5.26 Å². The van der Waals surface area contributed by atoms with Crippen LogP contribution in [-0.2, 0) is 11.2 Å². The van der Waals surface area contributed by atoms with Crippen LogP contribution in [-0.4, -0.2) is 12.6 Å². The number of ether oxygens (including phenoxy) is 3. The minimum atomic E-state index is -0.544. The number of allylic oxidation sites excluding steroid dienone is 1. The van der Waals surface area contributed by atoms with Gasteiger partial charge in [-0.3, -0.25) is 0 Å². The molecule has 5 rings (SSSR count). The quantitative estimate of drug-likeness (QED) is 0.287. The monoisotopic (exact) mass is 476 g/mol. The van der Waals surface area contributed by atoms with E-state index < -0.39 is 11.9 Å². The van der Waals surface area contributed by atoms with Gasteiger partial charge in [0.1, 0.15) is 28.9 Å². The summed E-state index contributed by atoms with van der Waals surface area (Å²) in [5.41, 5.74) is 9.41. The molecule has 0 fully saturated rings. The van der Waals surface area contributed by atoms with Crippen molar-refractivity contribution in [3.8, 4) is 23.3 Å². The van der Waals surface area contributed by atoms with E-state index in [1.165, 1.54) is 5.56 Å². The molecule has 2 N–H and O–H groups in total. The van der Waals surface area contributed by atoms with Crippen LogP contribution in [0, 0.1) is 11.3 Å². The number of nitrogens with zero attached hydrogens (tertiary/aromatic N) is 1. The van der Waals surface area contributed by atoms with Crippen molar-refractivity contribution in [2.75, 3.05) is 6.61 Å². The van der Waals surface area contributed by atoms with Gasteiger partial charge in [-0.05, 0) is 46.5 Å². The van der Waals surface area contributed by atoms with E-state index in [-0.39, 0.29) is 12.5 Å². The molecular weight excluding hydrogens is 452 g/mol. The molecule has 1 heterocycles. The lowest BCUT2D eigenvalue weighted by molar-refractivity contribution is -0.136. The summed E-state index contributed by atoms with van der Waals surface area (Å²) in [5, 5.41) is 12.0. The van der Waals surface area contributed by atoms with Crippen LogP contribution in [0.5, 0.6) is 17.2 Å². The third kappa shape index (κ3) is 4.47. The number of carbonyl (C=O) groups excluding carboxylic acids is 1. The van der Waals surface area contributed by atoms with E-state index in [2.05, 4.69) is 13.0 Å². The maximum Gasteiger partial charge on any atom is 0.349 e. The molecule has 0 spiro atoms. The van der Waals surface area contributed by atoms with Crippen molar-refractivity contribution in [2.45, 2.75) is 19.3 Å². The Labute approximate surface area is 209 Å². The SMILES string of the molecule is CCc1ccc(OCC(=O)Oc2ccc3c(c2)OC(N)=C(C#N)C3c2cccc3ccccc23)cc1. The Morgan fingerprint density at radius 1 is 0.972 bits per heavy atom. The third-order valence-corrected chi connectivity index (χ3v) is 6.24. The van der Waals surface area contributed by atoms with Crippen LogP contribution < -0.4 is 19.9 Å². The number of hydrogen-bond donors (Lipinski definition) is 1. The number of nitrogens with two attached hydrogens (primary N) is 1. The van der Waals surface area contributed by atoms with Crippen LogP contribution in [0.15, 0.2) is 96.4 Å². The molecule has 4 aromatic carbocycles. The van der Waals surface area contributed by atoms with Crippen molar-refractivity contribution in [3.63, 3.8) is 0 Å². The highest BCUT2D eigenvalue weighted by atomic mass is 16.6. The van der Waals surface area contributed by atoms with E-state index in [1.807, 2.05) is 66.7 Å². The topological polar surface area (TPSA) is 94.6 Å². The Morgan fingerprint density at radius 3 is 2.50 bits per heavy atom. The number of rotatable bonds is 6. The van der Waals surface area contributed by atoms with E-state index in [9.17, 15) is 10.1 Å². The Bertz CT molecular complexity index is 1510. The van der Waals surface area contributed by atoms with Crippen molar-refractivity contribution in [2.24, 2.45) is 5.73 Å². The molecule has 0 amide bonds. The van der Waals surface area contributed by atoms with Crippen LogP contribution in [0.1, 0.15) is 29.5 Å². The summed E-state index contributed by atoms with van der Waals surface area (Å²) in [4.78, 5) is 12.4. The van der Waals surface area contributed by atoms with E-state index in [1.54, 1.807) is 18.2 Å². The summed E-state index contributed by atoms with van der Waals surface area (Å²) in [7, 11) is 0. The van der Waals surface area contributed by atoms with Gasteiger partial charge in [0.25, 0.3) is 0 Å². The van der Waals surface area contributed by atoms with E-state index in [0.29, 0.717) is 22.8 Å². The van der Waals surface area contributed by atoms with Gasteiger partial charge in [-0.25, -0.2) is 4.79 Å². The van der Waals surface area contributed by atoms with Crippen molar-refractivity contribution < 1.29 is 19.0 Å². The molecule has 6 heteroatoms. The molecule has 6 nitrogen and oxygen atoms in total. The lowest BCUT2D eigenvalue weighted by Gasteiger charge is -2.27. The van der Waals surface area contributed by atoms with Crippen molar-refractivity contribution in [1.82, 2.24) is 0 Å². The second-order valence-electron chi connectivity index (χ2n) is 8.45. The molecule has 0 radical (unpaired) electrons. The van der Waals surface area contributed by atoms with E-state index in [4.69, 9.17) is 19.9 Å². The maximum atomic E-state index is 12.4. The zero-order chi connectivity index (χ0) is 25.1. The number of nitriles is 1. The first-order chi connectivity index (χ1) is 17.6. The minimum Gasteiger partial charge on any atom is -0.482 e. The molecule has 178 valence electrons. The van der Waals surface area contributed by atoms with Crippen LogP contribution in [0.4, 0.5) is 0 Å². The smallest absolute Gasteiger partial charge is 0.349 e. The highest BCUT2D eigenvalue weighted by molar-refractivity contribution is 5.87. The first kappa shape index (κ1) is 23.0. The molecule has 1 aliphatic rings. The summed E-state index contributed by atoms with van der Waals surface area (Å²) < 4.78 is 16.8. The van der Waals surface area contributed by atoms with Gasteiger partial charge in [-0.2, -0.15) is 5.26 Å². The number of carbonyl (C=O) groups is 1. The Kier molecular flexibility index (Phi) is 6.29. The average molecular weight is 477 g/mol. The maximum absolute atomic E-state index is 12.4. The van der Waals surface area contributed by atoms with Gasteiger partial charge in [0.05, 0.1) is 5.92 Å². The summed E-state index contributed by atoms with van der Waals surface area (Å²) in [5.74, 6) is 0.406. The molecule has 4 aromatic rings. The highest BCUT2D eigenvalue weighted by Gasteiger charge is 2.32. The van der Waals surface area contributed by atoms with Crippen LogP contribution in [0.2, 0.25) is 0 Å². The lowest BCUT2D eigenvalue weighted by atomic mass is 9.81. The molecule has 0 saturated heterocycles. The zero-order valence-corrected chi connectivity index (χ0v) is 19.7. The number of benzene rings is 4. The first-order valence-corrected chi connectivity index (χ1v) is 11.7. The number of hydrogen-bond acceptors (Lipinski definition) is 6. The molecule has 0 bridgehead atoms. The number of aryl methyl sites for hydroxylation is 1. The fraction of sp³-hybridized carbons (Fsp3) is 0.133. The molecule has 36 heavy (non-hydrogen) atoms. The zero-order valence-electron chi connectivity index (χ0n) is 19.7. The van der Waals surface area contributed by atoms with Crippen LogP contribution >= 0.6 is 0 Å². The second kappa shape index (κ2) is 9.85. The fourth-order valence-corrected chi connectivity index (χ4v) is 4.45. The van der Waals surface area contributed by atoms with E-state index >= 15 is 0 Å². The van der Waals surface area contributed by atoms with Crippen LogP contribution in [0.25, 0.3) is 10.8 Å². The van der Waals surface area contributed by atoms with Gasteiger partial charge in [0.2, 0.25) is 5.88 Å². The number of esters is 1. The molecule has 0 aromatic heterocycles. The predicted octanol–water partition coefficient (Wildman–Crippen LogP) is 5.60. The van der Waals surface area contributed by atoms with Gasteiger partial charge in [-0.1, -0.05) is 67.6 Å². The normalized spacial score (nSPS) is 14.5. The van der Waals surface area contributed by atoms with Gasteiger partial charge >= 0.3 is 5.97 Å². The van der Waals surface area contributed by atoms with Gasteiger partial charge < -0.3 is 19.9 Å². The Morgan fingerprint density at radius 2 is 1.72 bits per heavy atom. The average Bonchev–Trinajstić information content (AvgIpc) is 2.91. The lowest BCUT2D eigenvalue weighted by Crippen LogP contribution is -2.22. The minimum absolute atomic E-state index is 0.0327. The molecule has 1 aliphatic heterocycles. The second-order valence-corrected chi connectivity index (χ2v) is 8.45. The summed E-state index contributed by atoms with van der Waals surface area (Å²) in [6.07, 6.45) is 0.930. The molecule has 0 saturated carbocycles. The predicted molar refractivity (Wildman–Crippen MR) is 137 cm³/mol. The van der Waals surface area contributed by atoms with Gasteiger partial charge in [-0.15, -0.1) is 0 Å². The van der Waals surface area contributed by atoms with Crippen molar-refractivity contribution >= 4 is 16.7 Å². The third-order valence-electron chi connectivity index (χ3n) is 6.24. The van der Waals surface area contributed by atoms with Crippen molar-refractivity contribution in [3.05, 3.63) is 113 Å². The fourth-order valence-electron chi connectivity index (χ4n) is 4.45. The summed E-state index contributed by atoms with van der Waals surface area (Å²) >= 11 is 0. The summed E-state index contributed by atoms with van der Waals surface area (Å²) in [6.45, 7) is 1.84. The first-order valence-electron chi connectivity index (χ1n) is 11.7. The molecule has 1 unspecified atom stereocenters. The van der Waals surface area contributed by atoms with Gasteiger partial charge in [0.15, 0.2) is 6.61 Å². The van der Waals surface area contributed by atoms with E-state index in [0.717, 1.165) is 28.3 Å². The summed E-state index contributed by atoms with van der Waals surface area (Å²) in [6, 6.07) is 28.9. The van der Waals surface area contributed by atoms with Crippen LogP contribution in [0.3, 0.4) is 0 Å². The Hall–Kier alpha value is -4.76.